The molecule has 0 radical (unpaired) electrons. The van der Waals surface area contributed by atoms with Gasteiger partial charge in [0.25, 0.3) is 5.91 Å². The average Bonchev–Trinajstić information content (AvgIpc) is 3.34. The number of aromatic nitrogens is 1. The predicted molar refractivity (Wildman–Crippen MR) is 135 cm³/mol. The highest BCUT2D eigenvalue weighted by molar-refractivity contribution is 7.13. The van der Waals surface area contributed by atoms with Crippen LogP contribution >= 0.6 is 23.1 Å². The Morgan fingerprint density at radius 2 is 1.94 bits per heavy atom. The van der Waals surface area contributed by atoms with Crippen LogP contribution in [0.2, 0.25) is 5.02 Å². The monoisotopic (exact) mass is 466 g/mol. The van der Waals surface area contributed by atoms with Crippen LogP contribution in [0.25, 0.3) is 15.7 Å². The number of benzene rings is 2. The van der Waals surface area contributed by atoms with Gasteiger partial charge in [0.15, 0.2) is 0 Å². The van der Waals surface area contributed by atoms with Gasteiger partial charge >= 0.3 is 0 Å². The Hall–Kier alpha value is -2.41. The fraction of sp³-hybridized carbons (Fsp3) is 0.360. The van der Waals surface area contributed by atoms with Crippen molar-refractivity contribution in [3.05, 3.63) is 58.1 Å². The van der Waals surface area contributed by atoms with E-state index in [-0.39, 0.29) is 5.91 Å². The first-order chi connectivity index (χ1) is 15.5. The number of amides is 1. The summed E-state index contributed by atoms with van der Waals surface area (Å²) in [5.74, 6) is 1.10. The fourth-order valence-corrected chi connectivity index (χ4v) is 5.75. The number of rotatable bonds is 5. The molecule has 2 aliphatic heterocycles. The lowest BCUT2D eigenvalue weighted by atomic mass is 9.98. The lowest BCUT2D eigenvalue weighted by molar-refractivity contribution is -0.110. The van der Waals surface area contributed by atoms with E-state index in [9.17, 15) is 4.79 Å². The van der Waals surface area contributed by atoms with Gasteiger partial charge in [0.2, 0.25) is 0 Å². The van der Waals surface area contributed by atoms with Gasteiger partial charge < -0.3 is 10.2 Å². The van der Waals surface area contributed by atoms with Crippen LogP contribution in [-0.2, 0) is 11.2 Å². The molecule has 5 rings (SSSR count). The number of piperazine rings is 1. The smallest absolute Gasteiger partial charge is 0.256 e. The van der Waals surface area contributed by atoms with E-state index in [1.165, 1.54) is 10.1 Å². The second-order valence-corrected chi connectivity index (χ2v) is 9.97. The third-order valence-corrected chi connectivity index (χ3v) is 7.55. The van der Waals surface area contributed by atoms with E-state index in [1.807, 2.05) is 19.9 Å². The van der Waals surface area contributed by atoms with Crippen LogP contribution < -0.4 is 10.2 Å². The second-order valence-electron chi connectivity index (χ2n) is 8.75. The highest BCUT2D eigenvalue weighted by Gasteiger charge is 2.26. The molecule has 0 spiro atoms. The first-order valence-corrected chi connectivity index (χ1v) is 12.3. The lowest BCUT2D eigenvalue weighted by Crippen LogP contribution is -2.46. The summed E-state index contributed by atoms with van der Waals surface area (Å²) in [6, 6.07) is 12.5. The van der Waals surface area contributed by atoms with Gasteiger partial charge in [-0.15, -0.1) is 0 Å². The number of nitrogens with one attached hydrogen (secondary N) is 1. The molecule has 5 nitrogen and oxygen atoms in total. The Kier molecular flexibility index (Phi) is 5.93. The van der Waals surface area contributed by atoms with Crippen molar-refractivity contribution in [1.82, 2.24) is 9.27 Å². The maximum Gasteiger partial charge on any atom is 0.256 e. The van der Waals surface area contributed by atoms with E-state index in [0.717, 1.165) is 84.4 Å². The summed E-state index contributed by atoms with van der Waals surface area (Å²) in [4.78, 5) is 17.2. The molecule has 2 aromatic carbocycles. The standard InChI is InChI=1S/C25H27ClN4OS/c1-16(2)23-19-14-17(20(26)15-21(19)27-25(23)31)6-5-9-29-10-12-30(13-11-29)24-18-7-3-4-8-22(18)32-28-24/h3-4,7-8,14-15H,5-6,9-13H2,1-2H3,(H,27,31). The number of aryl methyl sites for hydroxylation is 1. The van der Waals surface area contributed by atoms with E-state index in [4.69, 9.17) is 16.0 Å². The zero-order chi connectivity index (χ0) is 22.2. The Labute approximate surface area is 197 Å². The van der Waals surface area contributed by atoms with Crippen LogP contribution in [0.4, 0.5) is 11.5 Å². The third kappa shape index (κ3) is 4.03. The predicted octanol–water partition coefficient (Wildman–Crippen LogP) is 5.45. The topological polar surface area (TPSA) is 48.5 Å². The second kappa shape index (κ2) is 8.85. The zero-order valence-electron chi connectivity index (χ0n) is 18.4. The molecule has 0 saturated carbocycles. The van der Waals surface area contributed by atoms with Crippen molar-refractivity contribution in [3.63, 3.8) is 0 Å². The molecule has 2 aliphatic rings. The van der Waals surface area contributed by atoms with E-state index in [1.54, 1.807) is 11.5 Å². The quantitative estimate of drug-likeness (QED) is 0.508. The molecule has 1 saturated heterocycles. The van der Waals surface area contributed by atoms with E-state index >= 15 is 0 Å². The molecule has 1 aromatic heterocycles. The van der Waals surface area contributed by atoms with Crippen LogP contribution in [0.3, 0.4) is 0 Å². The molecule has 166 valence electrons. The normalized spacial score (nSPS) is 16.5. The van der Waals surface area contributed by atoms with Crippen LogP contribution in [-0.4, -0.2) is 47.9 Å². The van der Waals surface area contributed by atoms with E-state index in [0.29, 0.717) is 0 Å². The molecule has 1 N–H and O–H groups in total. The van der Waals surface area contributed by atoms with Gasteiger partial charge in [0.05, 0.1) is 10.4 Å². The molecule has 0 atom stereocenters. The van der Waals surface area contributed by atoms with E-state index < -0.39 is 0 Å². The van der Waals surface area contributed by atoms with Crippen molar-refractivity contribution in [2.24, 2.45) is 0 Å². The molecule has 1 fully saturated rings. The summed E-state index contributed by atoms with van der Waals surface area (Å²) in [7, 11) is 0. The van der Waals surface area contributed by atoms with Gasteiger partial charge in [-0.05, 0) is 74.6 Å². The highest BCUT2D eigenvalue weighted by Crippen LogP contribution is 2.37. The van der Waals surface area contributed by atoms with Crippen LogP contribution in [0.15, 0.2) is 42.0 Å². The van der Waals surface area contributed by atoms with Gasteiger partial charge in [-0.3, -0.25) is 9.69 Å². The molecule has 3 aromatic rings. The van der Waals surface area contributed by atoms with Crippen molar-refractivity contribution in [3.8, 4) is 0 Å². The summed E-state index contributed by atoms with van der Waals surface area (Å²) in [5, 5.41) is 4.93. The minimum absolute atomic E-state index is 0.0287. The largest absolute Gasteiger partial charge is 0.353 e. The number of hydrogen-bond donors (Lipinski definition) is 1. The summed E-state index contributed by atoms with van der Waals surface area (Å²) in [5.41, 5.74) is 4.74. The van der Waals surface area contributed by atoms with Gasteiger partial charge in [0, 0.05) is 47.7 Å². The molecular weight excluding hydrogens is 440 g/mol. The maximum absolute atomic E-state index is 12.3. The van der Waals surface area contributed by atoms with Gasteiger partial charge in [-0.2, -0.15) is 4.37 Å². The average molecular weight is 467 g/mol. The Morgan fingerprint density at radius 3 is 2.72 bits per heavy atom. The van der Waals surface area contributed by atoms with Crippen molar-refractivity contribution >= 4 is 56.2 Å². The number of carbonyl (C=O) groups excluding carboxylic acids is 1. The highest BCUT2D eigenvalue weighted by atomic mass is 35.5. The fourth-order valence-electron chi connectivity index (χ4n) is 4.70. The number of anilines is 2. The minimum atomic E-state index is -0.0287. The lowest BCUT2D eigenvalue weighted by Gasteiger charge is -2.35. The molecule has 0 unspecified atom stereocenters. The molecule has 32 heavy (non-hydrogen) atoms. The van der Waals surface area contributed by atoms with Crippen molar-refractivity contribution in [2.75, 3.05) is 42.9 Å². The number of fused-ring (bicyclic) bond motifs is 2. The van der Waals surface area contributed by atoms with Gasteiger partial charge in [0.1, 0.15) is 5.82 Å². The number of nitrogens with zero attached hydrogens (tertiary/aromatic N) is 3. The Balaban J connectivity index is 1.18. The molecule has 3 heterocycles. The van der Waals surface area contributed by atoms with Crippen molar-refractivity contribution in [1.29, 1.82) is 0 Å². The summed E-state index contributed by atoms with van der Waals surface area (Å²) < 4.78 is 5.96. The summed E-state index contributed by atoms with van der Waals surface area (Å²) in [6.07, 6.45) is 1.96. The molecule has 1 amide bonds. The SMILES string of the molecule is CC(C)=C1C(=O)Nc2cc(Cl)c(CCCN3CCN(c4nsc5ccccc45)CC3)cc21. The number of hydrogen-bond acceptors (Lipinski definition) is 5. The Morgan fingerprint density at radius 1 is 1.16 bits per heavy atom. The molecule has 0 aliphatic carbocycles. The van der Waals surface area contributed by atoms with Gasteiger partial charge in [-0.25, -0.2) is 0 Å². The molecule has 0 bridgehead atoms. The zero-order valence-corrected chi connectivity index (χ0v) is 20.0. The van der Waals surface area contributed by atoms with E-state index in [2.05, 4.69) is 45.4 Å². The Bertz CT molecular complexity index is 1210. The van der Waals surface area contributed by atoms with Crippen LogP contribution in [0.5, 0.6) is 0 Å². The molecular formula is C25H27ClN4OS. The van der Waals surface area contributed by atoms with Crippen LogP contribution in [0.1, 0.15) is 31.4 Å². The first kappa shape index (κ1) is 21.4. The van der Waals surface area contributed by atoms with Gasteiger partial charge in [-0.1, -0.05) is 29.3 Å². The maximum atomic E-state index is 12.3. The van der Waals surface area contributed by atoms with Crippen LogP contribution in [0, 0.1) is 0 Å². The summed E-state index contributed by atoms with van der Waals surface area (Å²) >= 11 is 8.12. The van der Waals surface area contributed by atoms with Crippen molar-refractivity contribution in [2.45, 2.75) is 26.7 Å². The minimum Gasteiger partial charge on any atom is -0.353 e. The number of allylic oxidation sites excluding steroid dienone is 1. The molecule has 7 heteroatoms. The number of carbonyl (C=O) groups is 1. The number of halogens is 1. The third-order valence-electron chi connectivity index (χ3n) is 6.38. The first-order valence-electron chi connectivity index (χ1n) is 11.1. The van der Waals surface area contributed by atoms with Crippen molar-refractivity contribution < 1.29 is 4.79 Å². The summed E-state index contributed by atoms with van der Waals surface area (Å²) in [6.45, 7) is 9.11.